The summed E-state index contributed by atoms with van der Waals surface area (Å²) < 4.78 is 56.6. The predicted octanol–water partition coefficient (Wildman–Crippen LogP) is 1.87. The van der Waals surface area contributed by atoms with Crippen molar-refractivity contribution < 1.29 is 27.2 Å². The largest absolute Gasteiger partial charge is 0.425 e. The van der Waals surface area contributed by atoms with Gasteiger partial charge >= 0.3 is 11.9 Å². The minimum atomic E-state index is -5.45. The lowest BCUT2D eigenvalue weighted by molar-refractivity contribution is -0.196. The molecule has 31 heavy (non-hydrogen) atoms. The Labute approximate surface area is 173 Å². The van der Waals surface area contributed by atoms with Crippen LogP contribution in [0.3, 0.4) is 0 Å². The first-order valence-electron chi connectivity index (χ1n) is 8.46. The number of hydrogen-bond donors (Lipinski definition) is 3. The smallest absolute Gasteiger partial charge is 0.326 e. The molecule has 8 nitrogen and oxygen atoms in total. The number of thiophene rings is 1. The van der Waals surface area contributed by atoms with Crippen LogP contribution in [0, 0.1) is 5.82 Å². The SMILES string of the molecule is O=C(NC1(C(F)(F)F)C(=O)Nc2c1c(=O)[nH]c(=O)n2-c1ccc(F)cc1)c1cccs1. The van der Waals surface area contributed by atoms with E-state index in [1.165, 1.54) is 17.5 Å². The number of alkyl halides is 3. The lowest BCUT2D eigenvalue weighted by Gasteiger charge is -2.29. The van der Waals surface area contributed by atoms with Gasteiger partial charge in [-0.3, -0.25) is 19.4 Å². The van der Waals surface area contributed by atoms with Crippen LogP contribution in [0.1, 0.15) is 15.2 Å². The van der Waals surface area contributed by atoms with Gasteiger partial charge < -0.3 is 10.6 Å². The first-order chi connectivity index (χ1) is 14.6. The maximum Gasteiger partial charge on any atom is 0.425 e. The van der Waals surface area contributed by atoms with Crippen molar-refractivity contribution in [3.05, 3.63) is 78.9 Å². The highest BCUT2D eigenvalue weighted by atomic mass is 32.1. The van der Waals surface area contributed by atoms with Crippen molar-refractivity contribution >= 4 is 29.0 Å². The van der Waals surface area contributed by atoms with Crippen molar-refractivity contribution in [3.63, 3.8) is 0 Å². The number of benzene rings is 1. The van der Waals surface area contributed by atoms with Crippen LogP contribution in [0.4, 0.5) is 23.4 Å². The lowest BCUT2D eigenvalue weighted by Crippen LogP contribution is -2.62. The monoisotopic (exact) mass is 454 g/mol. The molecule has 3 N–H and O–H groups in total. The molecule has 2 aromatic heterocycles. The molecular weight excluding hydrogens is 444 g/mol. The van der Waals surface area contributed by atoms with E-state index in [1.807, 2.05) is 5.32 Å². The average molecular weight is 454 g/mol. The molecule has 1 aromatic carbocycles. The van der Waals surface area contributed by atoms with E-state index in [-0.39, 0.29) is 10.6 Å². The van der Waals surface area contributed by atoms with Gasteiger partial charge in [0.1, 0.15) is 17.2 Å². The van der Waals surface area contributed by atoms with Crippen molar-refractivity contribution in [2.45, 2.75) is 11.7 Å². The highest BCUT2D eigenvalue weighted by Crippen LogP contribution is 2.45. The van der Waals surface area contributed by atoms with Crippen molar-refractivity contribution in [1.82, 2.24) is 14.9 Å². The Balaban J connectivity index is 2.00. The topological polar surface area (TPSA) is 113 Å². The normalized spacial score (nSPS) is 17.9. The molecule has 0 bridgehead atoms. The minimum Gasteiger partial charge on any atom is -0.326 e. The fraction of sp³-hybridized carbons (Fsp3) is 0.111. The van der Waals surface area contributed by atoms with Crippen LogP contribution in [-0.4, -0.2) is 27.5 Å². The van der Waals surface area contributed by atoms with Crippen molar-refractivity contribution in [1.29, 1.82) is 0 Å². The van der Waals surface area contributed by atoms with Gasteiger partial charge in [-0.1, -0.05) is 6.07 Å². The van der Waals surface area contributed by atoms with Gasteiger partial charge in [-0.15, -0.1) is 11.3 Å². The van der Waals surface area contributed by atoms with E-state index in [9.17, 15) is 36.7 Å². The summed E-state index contributed by atoms with van der Waals surface area (Å²) in [5.41, 5.74) is -7.77. The highest BCUT2D eigenvalue weighted by Gasteiger charge is 2.68. The Morgan fingerprint density at radius 3 is 2.35 bits per heavy atom. The maximum absolute atomic E-state index is 14.3. The number of anilines is 1. The molecule has 0 spiro atoms. The molecule has 13 heteroatoms. The highest BCUT2D eigenvalue weighted by molar-refractivity contribution is 7.12. The number of aromatic nitrogens is 2. The summed E-state index contributed by atoms with van der Waals surface area (Å²) in [5, 5.41) is 4.96. The van der Waals surface area contributed by atoms with E-state index in [0.717, 1.165) is 35.6 Å². The molecular formula is C18H10F4N4O4S. The molecule has 0 aliphatic carbocycles. The summed E-state index contributed by atoms with van der Waals surface area (Å²) in [5.74, 6) is -4.48. The minimum absolute atomic E-state index is 0.123. The summed E-state index contributed by atoms with van der Waals surface area (Å²) in [7, 11) is 0. The molecule has 4 rings (SSSR count). The first-order valence-corrected chi connectivity index (χ1v) is 9.34. The third-order valence-electron chi connectivity index (χ3n) is 4.61. The standard InChI is InChI=1S/C18H10F4N4O4S/c19-8-3-5-9(6-4-8)26-12-11(14(28)24-16(26)30)17(15(29)23-12,18(20,21)22)25-13(27)10-2-1-7-31-10/h1-7H,(H,23,29)(H,25,27)(H,24,28,30). The van der Waals surface area contributed by atoms with Crippen LogP contribution >= 0.6 is 11.3 Å². The van der Waals surface area contributed by atoms with Crippen LogP contribution in [0.25, 0.3) is 5.69 Å². The second-order valence-corrected chi connectivity index (χ2v) is 7.38. The number of carbonyl (C=O) groups is 2. The van der Waals surface area contributed by atoms with Gasteiger partial charge in [0, 0.05) is 0 Å². The number of rotatable bonds is 3. The molecule has 0 saturated heterocycles. The van der Waals surface area contributed by atoms with E-state index >= 15 is 0 Å². The fourth-order valence-electron chi connectivity index (χ4n) is 3.25. The number of carbonyl (C=O) groups excluding carboxylic acids is 2. The third kappa shape index (κ3) is 3.04. The van der Waals surface area contributed by atoms with Crippen molar-refractivity contribution in [2.75, 3.05) is 5.32 Å². The van der Waals surface area contributed by atoms with Gasteiger partial charge in [0.15, 0.2) is 0 Å². The van der Waals surface area contributed by atoms with E-state index in [2.05, 4.69) is 0 Å². The number of fused-ring (bicyclic) bond motifs is 1. The molecule has 3 heterocycles. The van der Waals surface area contributed by atoms with E-state index in [4.69, 9.17) is 0 Å². The lowest BCUT2D eigenvalue weighted by atomic mass is 9.91. The molecule has 0 radical (unpaired) electrons. The van der Waals surface area contributed by atoms with Crippen LogP contribution in [0.2, 0.25) is 0 Å². The van der Waals surface area contributed by atoms with Gasteiger partial charge in [-0.2, -0.15) is 13.2 Å². The molecule has 2 amide bonds. The van der Waals surface area contributed by atoms with E-state index in [0.29, 0.717) is 4.57 Å². The van der Waals surface area contributed by atoms with Crippen LogP contribution in [-0.2, 0) is 10.3 Å². The second-order valence-electron chi connectivity index (χ2n) is 6.43. The molecule has 1 atom stereocenters. The van der Waals surface area contributed by atoms with Gasteiger partial charge in [0.05, 0.1) is 10.6 Å². The van der Waals surface area contributed by atoms with Crippen LogP contribution < -0.4 is 21.9 Å². The molecule has 160 valence electrons. The summed E-state index contributed by atoms with van der Waals surface area (Å²) in [6.45, 7) is 0. The Morgan fingerprint density at radius 2 is 1.77 bits per heavy atom. The summed E-state index contributed by atoms with van der Waals surface area (Å²) in [6.07, 6.45) is -5.45. The maximum atomic E-state index is 14.3. The molecule has 1 aliphatic rings. The van der Waals surface area contributed by atoms with Crippen molar-refractivity contribution in [2.24, 2.45) is 0 Å². The summed E-state index contributed by atoms with van der Waals surface area (Å²) in [6, 6.07) is 6.67. The van der Waals surface area contributed by atoms with E-state index < -0.39 is 52.0 Å². The quantitative estimate of drug-likeness (QED) is 0.525. The zero-order valence-corrected chi connectivity index (χ0v) is 15.9. The zero-order valence-electron chi connectivity index (χ0n) is 15.0. The molecule has 0 fully saturated rings. The van der Waals surface area contributed by atoms with Crippen LogP contribution in [0.15, 0.2) is 51.4 Å². The van der Waals surface area contributed by atoms with Gasteiger partial charge in [-0.25, -0.2) is 13.8 Å². The fourth-order valence-corrected chi connectivity index (χ4v) is 3.87. The van der Waals surface area contributed by atoms with Gasteiger partial charge in [-0.05, 0) is 35.7 Å². The zero-order chi connectivity index (χ0) is 22.6. The van der Waals surface area contributed by atoms with Crippen molar-refractivity contribution in [3.8, 4) is 5.69 Å². The number of nitrogens with zero attached hydrogens (tertiary/aromatic N) is 1. The number of halogens is 4. The molecule has 3 aromatic rings. The molecule has 0 saturated carbocycles. The number of aromatic amines is 1. The summed E-state index contributed by atoms with van der Waals surface area (Å²) in [4.78, 5) is 51.5. The molecule has 1 unspecified atom stereocenters. The molecule has 1 aliphatic heterocycles. The number of hydrogen-bond acceptors (Lipinski definition) is 5. The Kier molecular flexibility index (Phi) is 4.57. The number of H-pyrrole nitrogens is 1. The number of nitrogens with one attached hydrogen (secondary N) is 3. The predicted molar refractivity (Wildman–Crippen MR) is 101 cm³/mol. The van der Waals surface area contributed by atoms with Gasteiger partial charge in [0.25, 0.3) is 22.9 Å². The van der Waals surface area contributed by atoms with Gasteiger partial charge in [0.2, 0.25) is 0 Å². The Morgan fingerprint density at radius 1 is 1.10 bits per heavy atom. The first kappa shape index (κ1) is 20.5. The Bertz CT molecular complexity index is 1310. The third-order valence-corrected chi connectivity index (χ3v) is 5.48. The average Bonchev–Trinajstić information content (AvgIpc) is 3.30. The Hall–Kier alpha value is -3.74. The van der Waals surface area contributed by atoms with E-state index in [1.54, 1.807) is 10.3 Å². The number of amides is 2. The second kappa shape index (κ2) is 6.91. The van der Waals surface area contributed by atoms with Crippen LogP contribution in [0.5, 0.6) is 0 Å². The summed E-state index contributed by atoms with van der Waals surface area (Å²) >= 11 is 0.827.